The van der Waals surface area contributed by atoms with E-state index < -0.39 is 65.4 Å². The van der Waals surface area contributed by atoms with Crippen molar-refractivity contribution in [1.82, 2.24) is 19.9 Å². The monoisotopic (exact) mass is 811 g/mol. The summed E-state index contributed by atoms with van der Waals surface area (Å²) in [6.07, 6.45) is -0.675. The van der Waals surface area contributed by atoms with Crippen LogP contribution in [0, 0.1) is 5.92 Å². The van der Waals surface area contributed by atoms with E-state index in [4.69, 9.17) is 45.1 Å². The average Bonchev–Trinajstić information content (AvgIpc) is 3.72. The number of para-hydroxylation sites is 1. The second-order valence-corrected chi connectivity index (χ2v) is 16.9. The Balaban J connectivity index is 1.34. The molecule has 17 heteroatoms. The van der Waals surface area contributed by atoms with Gasteiger partial charge in [0.15, 0.2) is 23.8 Å². The lowest BCUT2D eigenvalue weighted by atomic mass is 9.79. The number of halogens is 2. The van der Waals surface area contributed by atoms with E-state index >= 15 is 4.39 Å². The Labute approximate surface area is 333 Å². The molecule has 0 aliphatic carbocycles. The number of aromatic nitrogens is 3. The summed E-state index contributed by atoms with van der Waals surface area (Å²) in [4.78, 5) is 67.1. The molecule has 1 aromatic carbocycles. The summed E-state index contributed by atoms with van der Waals surface area (Å²) in [7, 11) is 0. The Hall–Kier alpha value is -5.25. The molecule has 57 heavy (non-hydrogen) atoms. The van der Waals surface area contributed by atoms with Crippen LogP contribution in [0.3, 0.4) is 0 Å². The Morgan fingerprint density at radius 1 is 1.04 bits per heavy atom. The number of ether oxygens (including phenoxy) is 4. The molecule has 1 N–H and O–H groups in total. The van der Waals surface area contributed by atoms with Gasteiger partial charge in [0.1, 0.15) is 40.1 Å². The van der Waals surface area contributed by atoms with Crippen molar-refractivity contribution in [1.29, 1.82) is 0 Å². The molecule has 0 saturated carbocycles. The van der Waals surface area contributed by atoms with Crippen LogP contribution >= 0.6 is 11.6 Å². The van der Waals surface area contributed by atoms with Gasteiger partial charge in [-0.05, 0) is 59.7 Å². The number of carboxylic acid groups (broad SMARTS) is 1. The van der Waals surface area contributed by atoms with Gasteiger partial charge in [-0.15, -0.1) is 0 Å². The van der Waals surface area contributed by atoms with E-state index in [0.29, 0.717) is 16.5 Å². The Kier molecular flexibility index (Phi) is 11.6. The SMILES string of the molecule is C[C@H]1CN(C(=O)OC(C)(C)C)CC[C@]1(F)c1cc(Cl)cnc1O[C@H]1C[C@@H](C(=O)OC(C)(C)C)N(c2nc(COC(=O)CCC(=O)O)nc3c2oc2ccccc23)C1. The predicted molar refractivity (Wildman–Crippen MR) is 206 cm³/mol. The molecule has 2 fully saturated rings. The fourth-order valence-corrected chi connectivity index (χ4v) is 7.15. The highest BCUT2D eigenvalue weighted by atomic mass is 35.5. The van der Waals surface area contributed by atoms with Crippen molar-refractivity contribution in [2.24, 2.45) is 5.92 Å². The number of carbonyl (C=O) groups excluding carboxylic acids is 3. The Morgan fingerprint density at radius 2 is 1.75 bits per heavy atom. The lowest BCUT2D eigenvalue weighted by molar-refractivity contribution is -0.156. The minimum atomic E-state index is -1.99. The van der Waals surface area contributed by atoms with Crippen LogP contribution in [0.25, 0.3) is 22.1 Å². The zero-order valence-electron chi connectivity index (χ0n) is 33.0. The summed E-state index contributed by atoms with van der Waals surface area (Å²) >= 11 is 6.40. The van der Waals surface area contributed by atoms with Gasteiger partial charge in [0.2, 0.25) is 5.88 Å². The van der Waals surface area contributed by atoms with Gasteiger partial charge in [-0.25, -0.2) is 28.9 Å². The molecule has 0 bridgehead atoms. The first-order valence-electron chi connectivity index (χ1n) is 18.8. The van der Waals surface area contributed by atoms with Crippen molar-refractivity contribution < 1.29 is 52.0 Å². The van der Waals surface area contributed by atoms with Crippen LogP contribution in [0.4, 0.5) is 15.0 Å². The number of carboxylic acids is 1. The third-order valence-electron chi connectivity index (χ3n) is 9.58. The molecule has 2 aliphatic heterocycles. The maximum atomic E-state index is 17.3. The molecule has 2 saturated heterocycles. The summed E-state index contributed by atoms with van der Waals surface area (Å²) < 4.78 is 46.8. The van der Waals surface area contributed by atoms with Crippen molar-refractivity contribution >= 4 is 63.5 Å². The summed E-state index contributed by atoms with van der Waals surface area (Å²) in [6.45, 7) is 12.1. The molecular weight excluding hydrogens is 765 g/mol. The highest BCUT2D eigenvalue weighted by Crippen LogP contribution is 2.46. The minimum absolute atomic E-state index is 0.0141. The van der Waals surface area contributed by atoms with Gasteiger partial charge in [-0.1, -0.05) is 30.7 Å². The lowest BCUT2D eigenvalue weighted by Gasteiger charge is -2.42. The highest BCUT2D eigenvalue weighted by Gasteiger charge is 2.48. The van der Waals surface area contributed by atoms with Crippen LogP contribution in [-0.4, -0.2) is 91.9 Å². The van der Waals surface area contributed by atoms with Gasteiger partial charge < -0.3 is 38.3 Å². The maximum absolute atomic E-state index is 17.3. The zero-order chi connectivity index (χ0) is 41.4. The smallest absolute Gasteiger partial charge is 0.410 e. The number of esters is 2. The van der Waals surface area contributed by atoms with Crippen LogP contribution in [0.15, 0.2) is 40.9 Å². The number of alkyl halides is 1. The number of rotatable bonds is 10. The average molecular weight is 812 g/mol. The van der Waals surface area contributed by atoms with Crippen molar-refractivity contribution in [3.63, 3.8) is 0 Å². The molecule has 15 nitrogen and oxygen atoms in total. The molecule has 3 aromatic heterocycles. The van der Waals surface area contributed by atoms with Gasteiger partial charge in [-0.3, -0.25) is 9.59 Å². The molecule has 1 amide bonds. The Morgan fingerprint density at radius 3 is 2.44 bits per heavy atom. The number of pyridine rings is 1. The second kappa shape index (κ2) is 15.9. The van der Waals surface area contributed by atoms with Gasteiger partial charge in [0, 0.05) is 43.4 Å². The van der Waals surface area contributed by atoms with Crippen molar-refractivity contribution in [2.75, 3.05) is 24.5 Å². The number of nitrogens with zero attached hydrogens (tertiary/aromatic N) is 5. The summed E-state index contributed by atoms with van der Waals surface area (Å²) in [5, 5.41) is 9.83. The number of hydrogen-bond acceptors (Lipinski definition) is 13. The third kappa shape index (κ3) is 9.49. The number of furan rings is 1. The van der Waals surface area contributed by atoms with Gasteiger partial charge in [-0.2, -0.15) is 0 Å². The number of likely N-dealkylation sites (tertiary alicyclic amines) is 1. The van der Waals surface area contributed by atoms with Crippen molar-refractivity contribution in [3.8, 4) is 5.88 Å². The number of anilines is 1. The van der Waals surface area contributed by atoms with Crippen molar-refractivity contribution in [3.05, 3.63) is 52.9 Å². The summed E-state index contributed by atoms with van der Waals surface area (Å²) in [6, 6.07) is 7.67. The molecule has 0 radical (unpaired) electrons. The van der Waals surface area contributed by atoms with Crippen LogP contribution < -0.4 is 9.64 Å². The molecule has 4 aromatic rings. The van der Waals surface area contributed by atoms with E-state index in [1.54, 1.807) is 71.6 Å². The van der Waals surface area contributed by atoms with E-state index in [0.717, 1.165) is 0 Å². The van der Waals surface area contributed by atoms with Gasteiger partial charge >= 0.3 is 24.0 Å². The molecule has 6 rings (SSSR count). The fourth-order valence-electron chi connectivity index (χ4n) is 7.00. The standard InChI is InChI=1S/C40H47ClFN5O10/c1-22-19-46(37(52)57-39(5,6)7)15-14-40(22,42)26-16-23(41)18-43-35(26)54-24-17-27(36(51)56-38(2,3)4)47(20-24)34-33-32(25-10-8-9-11-28(25)55-33)44-29(45-34)21-53-31(50)13-12-30(48)49/h8-11,16,18,22,24,27H,12-15,17,19-21H2,1-7H3,(H,48,49)/t22-,24-,27-,40+/m0/s1. The van der Waals surface area contributed by atoms with Gasteiger partial charge in [0.05, 0.1) is 30.0 Å². The molecular formula is C40H47ClFN5O10. The fraction of sp³-hybridized carbons (Fsp3) is 0.525. The van der Waals surface area contributed by atoms with E-state index in [9.17, 15) is 19.2 Å². The first kappa shape index (κ1) is 41.4. The van der Waals surface area contributed by atoms with Crippen LogP contribution in [0.5, 0.6) is 5.88 Å². The normalized spacial score (nSPS) is 21.5. The van der Waals surface area contributed by atoms with Crippen LogP contribution in [-0.2, 0) is 40.9 Å². The summed E-state index contributed by atoms with van der Waals surface area (Å²) in [5.41, 5.74) is -2.29. The highest BCUT2D eigenvalue weighted by molar-refractivity contribution is 6.30. The number of fused-ring (bicyclic) bond motifs is 3. The molecule has 306 valence electrons. The molecule has 4 atom stereocenters. The first-order valence-corrected chi connectivity index (χ1v) is 19.1. The first-order chi connectivity index (χ1) is 26.7. The minimum Gasteiger partial charge on any atom is -0.481 e. The van der Waals surface area contributed by atoms with E-state index in [1.165, 1.54) is 17.2 Å². The summed E-state index contributed by atoms with van der Waals surface area (Å²) in [5.74, 6) is -2.90. The molecule has 2 aliphatic rings. The number of amides is 1. The van der Waals surface area contributed by atoms with Crippen LogP contribution in [0.2, 0.25) is 5.02 Å². The van der Waals surface area contributed by atoms with Crippen LogP contribution in [0.1, 0.15) is 85.5 Å². The number of piperidine rings is 1. The largest absolute Gasteiger partial charge is 0.481 e. The number of aliphatic carboxylic acids is 1. The number of carbonyl (C=O) groups is 4. The topological polar surface area (TPSA) is 184 Å². The predicted octanol–water partition coefficient (Wildman–Crippen LogP) is 7.14. The second-order valence-electron chi connectivity index (χ2n) is 16.4. The zero-order valence-corrected chi connectivity index (χ0v) is 33.7. The van der Waals surface area contributed by atoms with Gasteiger partial charge in [0.25, 0.3) is 0 Å². The quantitative estimate of drug-likeness (QED) is 0.126. The third-order valence-corrected chi connectivity index (χ3v) is 9.79. The van der Waals surface area contributed by atoms with E-state index in [2.05, 4.69) is 9.97 Å². The van der Waals surface area contributed by atoms with Crippen molar-refractivity contribution in [2.45, 2.75) is 110 Å². The van der Waals surface area contributed by atoms with E-state index in [-0.39, 0.29) is 79.2 Å². The molecule has 0 unspecified atom stereocenters. The molecule has 0 spiro atoms. The molecule has 5 heterocycles. The number of hydrogen-bond donors (Lipinski definition) is 1. The Bertz CT molecular complexity index is 2190. The number of benzene rings is 1. The maximum Gasteiger partial charge on any atom is 0.410 e. The van der Waals surface area contributed by atoms with E-state index in [1.807, 2.05) is 6.07 Å². The lowest BCUT2D eigenvalue weighted by Crippen LogP contribution is -2.50.